The highest BCUT2D eigenvalue weighted by Crippen LogP contribution is 2.21. The Hall–Kier alpha value is -2.33. The van der Waals surface area contributed by atoms with Crippen molar-refractivity contribution in [1.82, 2.24) is 5.43 Å². The van der Waals surface area contributed by atoms with Crippen molar-refractivity contribution in [1.29, 1.82) is 0 Å². The van der Waals surface area contributed by atoms with Gasteiger partial charge in [0.1, 0.15) is 5.75 Å². The minimum Gasteiger partial charge on any atom is -0.484 e. The van der Waals surface area contributed by atoms with Crippen LogP contribution in [0.2, 0.25) is 5.02 Å². The molecule has 5 heteroatoms. The Labute approximate surface area is 147 Å². The number of halogens is 1. The second kappa shape index (κ2) is 7.97. The van der Waals surface area contributed by atoms with Gasteiger partial charge in [-0.3, -0.25) is 4.79 Å². The van der Waals surface area contributed by atoms with Gasteiger partial charge < -0.3 is 4.74 Å². The number of rotatable bonds is 5. The minimum absolute atomic E-state index is 0.109. The number of carbonyl (C=O) groups excluding carboxylic acids is 1. The summed E-state index contributed by atoms with van der Waals surface area (Å²) in [6, 6.07) is 14.9. The molecule has 2 aromatic rings. The second-order valence-corrected chi connectivity index (χ2v) is 6.84. The van der Waals surface area contributed by atoms with E-state index < -0.39 is 0 Å². The molecule has 1 amide bonds. The SMILES string of the molecule is CC(C)(C)c1ccc(/C=N/NC(=O)COc2ccc(Cl)cc2)cc1. The maximum atomic E-state index is 11.7. The van der Waals surface area contributed by atoms with Crippen molar-refractivity contribution in [2.24, 2.45) is 5.10 Å². The molecule has 0 aliphatic heterocycles. The molecular weight excluding hydrogens is 324 g/mol. The maximum Gasteiger partial charge on any atom is 0.277 e. The monoisotopic (exact) mass is 344 g/mol. The van der Waals surface area contributed by atoms with Gasteiger partial charge in [-0.1, -0.05) is 56.6 Å². The Morgan fingerprint density at radius 1 is 1.12 bits per heavy atom. The lowest BCUT2D eigenvalue weighted by molar-refractivity contribution is -0.123. The number of carbonyl (C=O) groups is 1. The van der Waals surface area contributed by atoms with Crippen LogP contribution in [-0.4, -0.2) is 18.7 Å². The van der Waals surface area contributed by atoms with Gasteiger partial charge in [-0.05, 0) is 40.8 Å². The van der Waals surface area contributed by atoms with Gasteiger partial charge in [0.15, 0.2) is 6.61 Å². The van der Waals surface area contributed by atoms with Crippen LogP contribution >= 0.6 is 11.6 Å². The molecule has 0 atom stereocenters. The van der Waals surface area contributed by atoms with Gasteiger partial charge in [0, 0.05) is 5.02 Å². The van der Waals surface area contributed by atoms with Crippen molar-refractivity contribution in [3.8, 4) is 5.75 Å². The van der Waals surface area contributed by atoms with Crippen LogP contribution in [0.3, 0.4) is 0 Å². The zero-order valence-corrected chi connectivity index (χ0v) is 14.8. The zero-order chi connectivity index (χ0) is 17.6. The lowest BCUT2D eigenvalue weighted by atomic mass is 9.87. The van der Waals surface area contributed by atoms with Crippen molar-refractivity contribution in [2.45, 2.75) is 26.2 Å². The summed E-state index contributed by atoms with van der Waals surface area (Å²) in [6.45, 7) is 6.38. The standard InChI is InChI=1S/C19H21ClN2O2/c1-19(2,3)15-6-4-14(5-7-15)12-21-22-18(23)13-24-17-10-8-16(20)9-11-17/h4-12H,13H2,1-3H3,(H,22,23)/b21-12+. The van der Waals surface area contributed by atoms with Crippen LogP contribution in [0.25, 0.3) is 0 Å². The molecule has 0 aliphatic carbocycles. The average molecular weight is 345 g/mol. The van der Waals surface area contributed by atoms with Gasteiger partial charge in [0.05, 0.1) is 6.21 Å². The number of hydrogen-bond acceptors (Lipinski definition) is 3. The number of hydrogen-bond donors (Lipinski definition) is 1. The van der Waals surface area contributed by atoms with Crippen LogP contribution in [0.15, 0.2) is 53.6 Å². The van der Waals surface area contributed by atoms with E-state index in [1.165, 1.54) is 5.56 Å². The van der Waals surface area contributed by atoms with Gasteiger partial charge >= 0.3 is 0 Å². The summed E-state index contributed by atoms with van der Waals surface area (Å²) in [6.07, 6.45) is 1.60. The Morgan fingerprint density at radius 2 is 1.75 bits per heavy atom. The Morgan fingerprint density at radius 3 is 2.33 bits per heavy atom. The van der Waals surface area contributed by atoms with E-state index in [9.17, 15) is 4.79 Å². The molecule has 0 bridgehead atoms. The van der Waals surface area contributed by atoms with Crippen LogP contribution in [0.5, 0.6) is 5.75 Å². The van der Waals surface area contributed by atoms with Crippen LogP contribution in [0.1, 0.15) is 31.9 Å². The normalized spacial score (nSPS) is 11.5. The van der Waals surface area contributed by atoms with Crippen LogP contribution in [-0.2, 0) is 10.2 Å². The van der Waals surface area contributed by atoms with Gasteiger partial charge in [-0.25, -0.2) is 5.43 Å². The highest BCUT2D eigenvalue weighted by Gasteiger charge is 2.12. The molecule has 0 aromatic heterocycles. The molecule has 126 valence electrons. The zero-order valence-electron chi connectivity index (χ0n) is 14.0. The van der Waals surface area contributed by atoms with E-state index in [-0.39, 0.29) is 17.9 Å². The van der Waals surface area contributed by atoms with Gasteiger partial charge in [0.25, 0.3) is 5.91 Å². The molecule has 0 aliphatic rings. The molecule has 0 unspecified atom stereocenters. The molecule has 0 spiro atoms. The summed E-state index contributed by atoms with van der Waals surface area (Å²) in [5.41, 5.74) is 4.72. The molecule has 4 nitrogen and oxygen atoms in total. The third-order valence-electron chi connectivity index (χ3n) is 3.36. The highest BCUT2D eigenvalue weighted by molar-refractivity contribution is 6.30. The average Bonchev–Trinajstić information content (AvgIpc) is 2.54. The largest absolute Gasteiger partial charge is 0.484 e. The smallest absolute Gasteiger partial charge is 0.277 e. The molecule has 0 heterocycles. The molecule has 1 N–H and O–H groups in total. The van der Waals surface area contributed by atoms with Gasteiger partial charge in [-0.15, -0.1) is 0 Å². The second-order valence-electron chi connectivity index (χ2n) is 6.41. The summed E-state index contributed by atoms with van der Waals surface area (Å²) in [7, 11) is 0. The Balaban J connectivity index is 1.80. The summed E-state index contributed by atoms with van der Waals surface area (Å²) in [4.78, 5) is 11.7. The number of hydrazone groups is 1. The van der Waals surface area contributed by atoms with E-state index in [0.29, 0.717) is 10.8 Å². The summed E-state index contributed by atoms with van der Waals surface area (Å²) in [5, 5.41) is 4.55. The van der Waals surface area contributed by atoms with E-state index in [2.05, 4.69) is 43.4 Å². The molecule has 24 heavy (non-hydrogen) atoms. The topological polar surface area (TPSA) is 50.7 Å². The molecule has 0 fully saturated rings. The first-order valence-electron chi connectivity index (χ1n) is 7.65. The molecular formula is C19H21ClN2O2. The van der Waals surface area contributed by atoms with Crippen molar-refractivity contribution in [2.75, 3.05) is 6.61 Å². The molecule has 2 rings (SSSR count). The van der Waals surface area contributed by atoms with Gasteiger partial charge in [0.2, 0.25) is 0 Å². The fourth-order valence-electron chi connectivity index (χ4n) is 1.96. The van der Waals surface area contributed by atoms with E-state index >= 15 is 0 Å². The van der Waals surface area contributed by atoms with Crippen molar-refractivity contribution >= 4 is 23.7 Å². The summed E-state index contributed by atoms with van der Waals surface area (Å²) < 4.78 is 5.33. The van der Waals surface area contributed by atoms with Crippen LogP contribution < -0.4 is 10.2 Å². The number of amides is 1. The fourth-order valence-corrected chi connectivity index (χ4v) is 2.09. The van der Waals surface area contributed by atoms with Crippen LogP contribution in [0, 0.1) is 0 Å². The molecule has 2 aromatic carbocycles. The Bertz CT molecular complexity index is 702. The lowest BCUT2D eigenvalue weighted by Crippen LogP contribution is -2.24. The molecule has 0 saturated carbocycles. The number of nitrogens with one attached hydrogen (secondary N) is 1. The van der Waals surface area contributed by atoms with Crippen LogP contribution in [0.4, 0.5) is 0 Å². The predicted molar refractivity (Wildman–Crippen MR) is 97.8 cm³/mol. The molecule has 0 saturated heterocycles. The first-order chi connectivity index (χ1) is 11.3. The third kappa shape index (κ3) is 5.70. The number of ether oxygens (including phenoxy) is 1. The maximum absolute atomic E-state index is 11.7. The summed E-state index contributed by atoms with van der Waals surface area (Å²) in [5.74, 6) is 0.254. The number of nitrogens with zero attached hydrogens (tertiary/aromatic N) is 1. The minimum atomic E-state index is -0.326. The van der Waals surface area contributed by atoms with Gasteiger partial charge in [-0.2, -0.15) is 5.10 Å². The summed E-state index contributed by atoms with van der Waals surface area (Å²) >= 11 is 5.78. The third-order valence-corrected chi connectivity index (χ3v) is 3.62. The van der Waals surface area contributed by atoms with E-state index in [4.69, 9.17) is 16.3 Å². The fraction of sp³-hybridized carbons (Fsp3) is 0.263. The number of benzene rings is 2. The quantitative estimate of drug-likeness (QED) is 0.653. The Kier molecular flexibility index (Phi) is 5.99. The van der Waals surface area contributed by atoms with E-state index in [1.54, 1.807) is 30.5 Å². The first kappa shape index (κ1) is 18.0. The lowest BCUT2D eigenvalue weighted by Gasteiger charge is -2.18. The highest BCUT2D eigenvalue weighted by atomic mass is 35.5. The molecule has 0 radical (unpaired) electrons. The van der Waals surface area contributed by atoms with Crippen molar-refractivity contribution in [3.63, 3.8) is 0 Å². The van der Waals surface area contributed by atoms with Crippen molar-refractivity contribution < 1.29 is 9.53 Å². The van der Waals surface area contributed by atoms with E-state index in [1.807, 2.05) is 12.1 Å². The van der Waals surface area contributed by atoms with Crippen molar-refractivity contribution in [3.05, 3.63) is 64.7 Å². The van der Waals surface area contributed by atoms with E-state index in [0.717, 1.165) is 5.56 Å². The first-order valence-corrected chi connectivity index (χ1v) is 8.03. The predicted octanol–water partition coefficient (Wildman–Crippen LogP) is 4.17.